The Kier molecular flexibility index (Phi) is 5.23. The van der Waals surface area contributed by atoms with E-state index in [0.717, 1.165) is 24.2 Å². The maximum Gasteiger partial charge on any atom is 0.126 e. The van der Waals surface area contributed by atoms with Crippen LogP contribution in [0.25, 0.3) is 0 Å². The van der Waals surface area contributed by atoms with Gasteiger partial charge in [0.15, 0.2) is 0 Å². The van der Waals surface area contributed by atoms with Crippen LogP contribution < -0.4 is 10.5 Å². The molecule has 0 aliphatic heterocycles. The van der Waals surface area contributed by atoms with Crippen molar-refractivity contribution in [2.45, 2.75) is 45.8 Å². The highest BCUT2D eigenvalue weighted by molar-refractivity contribution is 5.41. The number of hydrogen-bond donors (Lipinski definition) is 1. The van der Waals surface area contributed by atoms with Crippen LogP contribution in [0.2, 0.25) is 0 Å². The van der Waals surface area contributed by atoms with Gasteiger partial charge in [0, 0.05) is 6.04 Å². The van der Waals surface area contributed by atoms with Crippen molar-refractivity contribution in [1.82, 2.24) is 0 Å². The maximum absolute atomic E-state index is 6.01. The Balaban J connectivity index is 2.95. The second kappa shape index (κ2) is 6.45. The first kappa shape index (κ1) is 13.8. The van der Waals surface area contributed by atoms with Crippen LogP contribution in [-0.2, 0) is 6.42 Å². The summed E-state index contributed by atoms with van der Waals surface area (Å²) in [5.41, 5.74) is 8.35. The number of ether oxygens (including phenoxy) is 1. The summed E-state index contributed by atoms with van der Waals surface area (Å²) in [5.74, 6) is 0.962. The molecule has 0 saturated heterocycles. The first-order valence-corrected chi connectivity index (χ1v) is 6.21. The molecule has 1 aromatic rings. The number of aryl methyl sites for hydroxylation is 1. The molecule has 2 unspecified atom stereocenters. The minimum absolute atomic E-state index is 0.0210. The van der Waals surface area contributed by atoms with E-state index in [2.05, 4.69) is 38.6 Å². The average molecular weight is 233 g/mol. The van der Waals surface area contributed by atoms with Gasteiger partial charge < -0.3 is 10.5 Å². The zero-order chi connectivity index (χ0) is 12.8. The Bertz CT molecular complexity index is 373. The van der Waals surface area contributed by atoms with Crippen LogP contribution in [0, 0.1) is 6.92 Å². The molecule has 2 N–H and O–H groups in total. The van der Waals surface area contributed by atoms with E-state index in [9.17, 15) is 0 Å². The fraction of sp³-hybridized carbons (Fsp3) is 0.467. The van der Waals surface area contributed by atoms with Gasteiger partial charge in [-0.2, -0.15) is 0 Å². The Morgan fingerprint density at radius 1 is 1.47 bits per heavy atom. The Hall–Kier alpha value is -1.28. The summed E-state index contributed by atoms with van der Waals surface area (Å²) in [6.07, 6.45) is 3.66. The van der Waals surface area contributed by atoms with E-state index in [1.165, 1.54) is 5.56 Å². The predicted molar refractivity (Wildman–Crippen MR) is 73.4 cm³/mol. The zero-order valence-electron chi connectivity index (χ0n) is 11.1. The number of para-hydroxylation sites is 1. The molecule has 0 spiro atoms. The van der Waals surface area contributed by atoms with E-state index < -0.39 is 0 Å². The molecular weight excluding hydrogens is 210 g/mol. The third kappa shape index (κ3) is 3.90. The van der Waals surface area contributed by atoms with Gasteiger partial charge in [-0.15, -0.1) is 0 Å². The van der Waals surface area contributed by atoms with Crippen molar-refractivity contribution >= 4 is 0 Å². The predicted octanol–water partition coefficient (Wildman–Crippen LogP) is 3.23. The molecule has 0 fully saturated rings. The van der Waals surface area contributed by atoms with E-state index >= 15 is 0 Å². The van der Waals surface area contributed by atoms with E-state index in [-0.39, 0.29) is 12.1 Å². The molecule has 17 heavy (non-hydrogen) atoms. The monoisotopic (exact) mass is 233 g/mol. The summed E-state index contributed by atoms with van der Waals surface area (Å²) in [7, 11) is 0. The molecule has 2 heteroatoms. The van der Waals surface area contributed by atoms with Gasteiger partial charge in [-0.3, -0.25) is 0 Å². The summed E-state index contributed by atoms with van der Waals surface area (Å²) >= 11 is 0. The Morgan fingerprint density at radius 2 is 2.18 bits per heavy atom. The molecule has 0 heterocycles. The third-order valence-electron chi connectivity index (χ3n) is 2.94. The fourth-order valence-electron chi connectivity index (χ4n) is 1.70. The number of benzene rings is 1. The molecule has 1 aromatic carbocycles. The van der Waals surface area contributed by atoms with E-state index in [1.54, 1.807) is 6.08 Å². The number of rotatable bonds is 6. The highest BCUT2D eigenvalue weighted by atomic mass is 16.5. The van der Waals surface area contributed by atoms with E-state index in [4.69, 9.17) is 10.5 Å². The summed E-state index contributed by atoms with van der Waals surface area (Å²) in [5, 5.41) is 0. The van der Waals surface area contributed by atoms with Crippen LogP contribution in [0.15, 0.2) is 30.9 Å². The molecule has 0 bridgehead atoms. The second-order valence-electron chi connectivity index (χ2n) is 4.49. The van der Waals surface area contributed by atoms with Crippen LogP contribution in [0.1, 0.15) is 31.4 Å². The van der Waals surface area contributed by atoms with E-state index in [1.807, 2.05) is 6.92 Å². The maximum atomic E-state index is 6.01. The normalized spacial score (nSPS) is 14.1. The Morgan fingerprint density at radius 3 is 2.76 bits per heavy atom. The minimum atomic E-state index is 0.0210. The van der Waals surface area contributed by atoms with Crippen LogP contribution in [0.5, 0.6) is 5.75 Å². The smallest absolute Gasteiger partial charge is 0.126 e. The van der Waals surface area contributed by atoms with Crippen LogP contribution in [0.3, 0.4) is 0 Å². The average Bonchev–Trinajstić information content (AvgIpc) is 2.33. The molecule has 1 rings (SSSR count). The van der Waals surface area contributed by atoms with Gasteiger partial charge in [0.25, 0.3) is 0 Å². The highest BCUT2D eigenvalue weighted by Crippen LogP contribution is 2.26. The third-order valence-corrected chi connectivity index (χ3v) is 2.94. The van der Waals surface area contributed by atoms with Crippen molar-refractivity contribution in [3.63, 3.8) is 0 Å². The number of hydrogen-bond acceptors (Lipinski definition) is 2. The zero-order valence-corrected chi connectivity index (χ0v) is 11.1. The van der Waals surface area contributed by atoms with Crippen molar-refractivity contribution in [2.75, 3.05) is 0 Å². The van der Waals surface area contributed by atoms with Gasteiger partial charge in [0.05, 0.1) is 0 Å². The Labute approximate surface area is 104 Å². The molecule has 0 amide bonds. The standard InChI is InChI=1S/C15H23NO/c1-5-12(4)17-15-11(3)8-7-9-13(15)10-14(16)6-2/h5,7-9,12,14H,1,6,10,16H2,2-4H3. The summed E-state index contributed by atoms with van der Waals surface area (Å²) in [6.45, 7) is 9.90. The van der Waals surface area contributed by atoms with Crippen molar-refractivity contribution < 1.29 is 4.74 Å². The number of nitrogens with two attached hydrogens (primary N) is 1. The summed E-state index contributed by atoms with van der Waals surface area (Å²) in [4.78, 5) is 0. The SMILES string of the molecule is C=CC(C)Oc1c(C)cccc1CC(N)CC. The van der Waals surface area contributed by atoms with Gasteiger partial charge in [-0.25, -0.2) is 0 Å². The van der Waals surface area contributed by atoms with Crippen molar-refractivity contribution in [2.24, 2.45) is 5.73 Å². The van der Waals surface area contributed by atoms with Crippen molar-refractivity contribution in [3.05, 3.63) is 42.0 Å². The molecule has 2 atom stereocenters. The van der Waals surface area contributed by atoms with Crippen molar-refractivity contribution in [3.8, 4) is 5.75 Å². The second-order valence-corrected chi connectivity index (χ2v) is 4.49. The quantitative estimate of drug-likeness (QED) is 0.766. The topological polar surface area (TPSA) is 35.2 Å². The molecule has 0 radical (unpaired) electrons. The molecule has 0 aliphatic rings. The first-order valence-electron chi connectivity index (χ1n) is 6.21. The van der Waals surface area contributed by atoms with Gasteiger partial charge in [-0.05, 0) is 37.8 Å². The van der Waals surface area contributed by atoms with Crippen LogP contribution in [0.4, 0.5) is 0 Å². The summed E-state index contributed by atoms with van der Waals surface area (Å²) < 4.78 is 5.90. The molecule has 0 aliphatic carbocycles. The summed E-state index contributed by atoms with van der Waals surface area (Å²) in [6, 6.07) is 6.40. The highest BCUT2D eigenvalue weighted by Gasteiger charge is 2.11. The lowest BCUT2D eigenvalue weighted by atomic mass is 10.0. The van der Waals surface area contributed by atoms with Gasteiger partial charge in [0.1, 0.15) is 11.9 Å². The largest absolute Gasteiger partial charge is 0.486 e. The van der Waals surface area contributed by atoms with Gasteiger partial charge >= 0.3 is 0 Å². The minimum Gasteiger partial charge on any atom is -0.486 e. The molecule has 0 saturated carbocycles. The van der Waals surface area contributed by atoms with Gasteiger partial charge in [-0.1, -0.05) is 37.8 Å². The van der Waals surface area contributed by atoms with Crippen LogP contribution >= 0.6 is 0 Å². The van der Waals surface area contributed by atoms with Crippen molar-refractivity contribution in [1.29, 1.82) is 0 Å². The molecular formula is C15H23NO. The van der Waals surface area contributed by atoms with Gasteiger partial charge in [0.2, 0.25) is 0 Å². The fourth-order valence-corrected chi connectivity index (χ4v) is 1.70. The first-order chi connectivity index (χ1) is 8.08. The van der Waals surface area contributed by atoms with E-state index in [0.29, 0.717) is 0 Å². The van der Waals surface area contributed by atoms with Crippen LogP contribution in [-0.4, -0.2) is 12.1 Å². The lowest BCUT2D eigenvalue weighted by Crippen LogP contribution is -2.22. The lowest BCUT2D eigenvalue weighted by Gasteiger charge is -2.18. The molecule has 0 aromatic heterocycles. The lowest BCUT2D eigenvalue weighted by molar-refractivity contribution is 0.265. The molecule has 2 nitrogen and oxygen atoms in total. The molecule has 94 valence electrons.